The van der Waals surface area contributed by atoms with Crippen LogP contribution in [0.3, 0.4) is 0 Å². The summed E-state index contributed by atoms with van der Waals surface area (Å²) in [5.74, 6) is 0.310. The number of anilines is 1. The van der Waals surface area contributed by atoms with Crippen molar-refractivity contribution in [3.8, 4) is 11.3 Å². The molecular formula is C19H22N6O4. The standard InChI is InChI=1S/C19H22N6O4/c1-19(2,29)14-5-4-11(9-22-14)12-8-13-15(17(26)25(3)10-23-13)16(24-12)20-6-7-21-18(27)28/h4-5,8-10,21,29H,6-7H2,1-3H3,(H,20,24)(H,27,28). The molecule has 29 heavy (non-hydrogen) atoms. The molecule has 3 rings (SSSR count). The number of fused-ring (bicyclic) bond motifs is 1. The van der Waals surface area contributed by atoms with Crippen LogP contribution in [0.15, 0.2) is 35.5 Å². The Morgan fingerprint density at radius 1 is 1.24 bits per heavy atom. The lowest BCUT2D eigenvalue weighted by molar-refractivity contribution is 0.0739. The molecule has 0 saturated heterocycles. The maximum Gasteiger partial charge on any atom is 0.404 e. The van der Waals surface area contributed by atoms with Crippen LogP contribution in [-0.4, -0.2) is 48.9 Å². The van der Waals surface area contributed by atoms with Crippen molar-refractivity contribution < 1.29 is 15.0 Å². The molecule has 0 spiro atoms. The summed E-state index contributed by atoms with van der Waals surface area (Å²) in [6.45, 7) is 3.68. The van der Waals surface area contributed by atoms with Crippen molar-refractivity contribution in [1.82, 2.24) is 24.8 Å². The van der Waals surface area contributed by atoms with E-state index in [9.17, 15) is 14.7 Å². The molecular weight excluding hydrogens is 376 g/mol. The zero-order valence-electron chi connectivity index (χ0n) is 16.3. The number of hydrogen-bond acceptors (Lipinski definition) is 7. The van der Waals surface area contributed by atoms with E-state index >= 15 is 0 Å². The molecule has 152 valence electrons. The van der Waals surface area contributed by atoms with Gasteiger partial charge >= 0.3 is 6.09 Å². The van der Waals surface area contributed by atoms with Crippen molar-refractivity contribution >= 4 is 22.8 Å². The fourth-order valence-electron chi connectivity index (χ4n) is 2.76. The SMILES string of the molecule is Cn1cnc2cc(-c3ccc(C(C)(C)O)nc3)nc(NCCNC(=O)O)c2c1=O. The van der Waals surface area contributed by atoms with Gasteiger partial charge in [-0.2, -0.15) is 0 Å². The van der Waals surface area contributed by atoms with E-state index in [0.29, 0.717) is 33.7 Å². The quantitative estimate of drug-likeness (QED) is 0.455. The van der Waals surface area contributed by atoms with Crippen molar-refractivity contribution in [3.63, 3.8) is 0 Å². The highest BCUT2D eigenvalue weighted by molar-refractivity contribution is 5.91. The topological polar surface area (TPSA) is 142 Å². The summed E-state index contributed by atoms with van der Waals surface area (Å²) in [5.41, 5.74) is 0.882. The normalized spacial score (nSPS) is 11.4. The number of carboxylic acid groups (broad SMARTS) is 1. The molecule has 4 N–H and O–H groups in total. The van der Waals surface area contributed by atoms with Crippen LogP contribution in [0.5, 0.6) is 0 Å². The van der Waals surface area contributed by atoms with Gasteiger partial charge in [-0.05, 0) is 32.0 Å². The van der Waals surface area contributed by atoms with E-state index in [0.717, 1.165) is 0 Å². The molecule has 0 saturated carbocycles. The number of aromatic nitrogens is 4. The van der Waals surface area contributed by atoms with Crippen molar-refractivity contribution in [2.24, 2.45) is 7.05 Å². The van der Waals surface area contributed by atoms with E-state index in [2.05, 4.69) is 25.6 Å². The Balaban J connectivity index is 2.03. The molecule has 1 amide bonds. The van der Waals surface area contributed by atoms with Crippen LogP contribution < -0.4 is 16.2 Å². The highest BCUT2D eigenvalue weighted by Gasteiger charge is 2.18. The van der Waals surface area contributed by atoms with Gasteiger partial charge in [0.2, 0.25) is 0 Å². The number of pyridine rings is 2. The number of rotatable bonds is 6. The molecule has 0 unspecified atom stereocenters. The Kier molecular flexibility index (Phi) is 5.46. The van der Waals surface area contributed by atoms with Gasteiger partial charge in [-0.3, -0.25) is 9.78 Å². The Morgan fingerprint density at radius 3 is 2.62 bits per heavy atom. The molecule has 0 aliphatic rings. The van der Waals surface area contributed by atoms with Gasteiger partial charge in [0.25, 0.3) is 5.56 Å². The predicted molar refractivity (Wildman–Crippen MR) is 108 cm³/mol. The average Bonchev–Trinajstić information content (AvgIpc) is 2.67. The van der Waals surface area contributed by atoms with Crippen LogP contribution in [0.25, 0.3) is 22.2 Å². The van der Waals surface area contributed by atoms with Crippen LogP contribution >= 0.6 is 0 Å². The molecule has 0 aliphatic heterocycles. The molecule has 0 atom stereocenters. The van der Waals surface area contributed by atoms with E-state index < -0.39 is 11.7 Å². The fourth-order valence-corrected chi connectivity index (χ4v) is 2.76. The summed E-state index contributed by atoms with van der Waals surface area (Å²) >= 11 is 0. The first-order chi connectivity index (χ1) is 13.7. The highest BCUT2D eigenvalue weighted by Crippen LogP contribution is 2.26. The van der Waals surface area contributed by atoms with Gasteiger partial charge in [-0.1, -0.05) is 0 Å². The van der Waals surface area contributed by atoms with Crippen molar-refractivity contribution in [3.05, 3.63) is 46.8 Å². The van der Waals surface area contributed by atoms with E-state index in [1.165, 1.54) is 10.9 Å². The minimum Gasteiger partial charge on any atom is -0.465 e. The third-order valence-electron chi connectivity index (χ3n) is 4.28. The minimum atomic E-state index is -1.13. The first-order valence-corrected chi connectivity index (χ1v) is 8.93. The first kappa shape index (κ1) is 20.2. The number of nitrogens with one attached hydrogen (secondary N) is 2. The van der Waals surface area contributed by atoms with Gasteiger partial charge in [0.15, 0.2) is 0 Å². The van der Waals surface area contributed by atoms with Gasteiger partial charge < -0.3 is 25.4 Å². The van der Waals surface area contributed by atoms with Crippen LogP contribution in [0.4, 0.5) is 10.6 Å². The maximum absolute atomic E-state index is 12.6. The van der Waals surface area contributed by atoms with E-state index in [1.807, 2.05) is 0 Å². The monoisotopic (exact) mass is 398 g/mol. The van der Waals surface area contributed by atoms with Gasteiger partial charge in [0.05, 0.1) is 23.2 Å². The largest absolute Gasteiger partial charge is 0.465 e. The lowest BCUT2D eigenvalue weighted by Crippen LogP contribution is -2.27. The molecule has 0 bridgehead atoms. The fraction of sp³-hybridized carbons (Fsp3) is 0.316. The van der Waals surface area contributed by atoms with Gasteiger partial charge in [-0.25, -0.2) is 14.8 Å². The van der Waals surface area contributed by atoms with Gasteiger partial charge in [0, 0.05) is 31.9 Å². The second-order valence-corrected chi connectivity index (χ2v) is 7.06. The molecule has 10 heteroatoms. The molecule has 0 fully saturated rings. The highest BCUT2D eigenvalue weighted by atomic mass is 16.4. The van der Waals surface area contributed by atoms with E-state index in [-0.39, 0.29) is 18.6 Å². The molecule has 3 heterocycles. The lowest BCUT2D eigenvalue weighted by Gasteiger charge is -2.16. The van der Waals surface area contributed by atoms with Crippen molar-refractivity contribution in [2.45, 2.75) is 19.4 Å². The van der Waals surface area contributed by atoms with Gasteiger partial charge in [-0.15, -0.1) is 0 Å². The number of carbonyl (C=O) groups is 1. The number of aliphatic hydroxyl groups is 1. The molecule has 3 aromatic rings. The Hall–Kier alpha value is -3.53. The molecule has 3 aromatic heterocycles. The molecule has 0 aromatic carbocycles. The van der Waals surface area contributed by atoms with Crippen LogP contribution in [-0.2, 0) is 12.6 Å². The third kappa shape index (κ3) is 4.49. The Bertz CT molecular complexity index is 1100. The number of hydrogen-bond donors (Lipinski definition) is 4. The maximum atomic E-state index is 12.6. The van der Waals surface area contributed by atoms with E-state index in [4.69, 9.17) is 5.11 Å². The first-order valence-electron chi connectivity index (χ1n) is 8.93. The Morgan fingerprint density at radius 2 is 2.00 bits per heavy atom. The van der Waals surface area contributed by atoms with Crippen molar-refractivity contribution in [1.29, 1.82) is 0 Å². The molecule has 10 nitrogen and oxygen atoms in total. The summed E-state index contributed by atoms with van der Waals surface area (Å²) in [4.78, 5) is 36.3. The smallest absolute Gasteiger partial charge is 0.404 e. The summed E-state index contributed by atoms with van der Waals surface area (Å²) in [6, 6.07) is 5.19. The number of nitrogens with zero attached hydrogens (tertiary/aromatic N) is 4. The summed E-state index contributed by atoms with van der Waals surface area (Å²) in [5, 5.41) is 24.3. The molecule has 0 aliphatic carbocycles. The van der Waals surface area contributed by atoms with Crippen LogP contribution in [0.1, 0.15) is 19.5 Å². The minimum absolute atomic E-state index is 0.144. The zero-order chi connectivity index (χ0) is 21.2. The zero-order valence-corrected chi connectivity index (χ0v) is 16.3. The average molecular weight is 398 g/mol. The van der Waals surface area contributed by atoms with E-state index in [1.54, 1.807) is 45.3 Å². The second kappa shape index (κ2) is 7.84. The summed E-state index contributed by atoms with van der Waals surface area (Å²) < 4.78 is 1.35. The summed E-state index contributed by atoms with van der Waals surface area (Å²) in [7, 11) is 1.59. The van der Waals surface area contributed by atoms with Crippen molar-refractivity contribution in [2.75, 3.05) is 18.4 Å². The second-order valence-electron chi connectivity index (χ2n) is 7.06. The number of aryl methyl sites for hydroxylation is 1. The third-order valence-corrected chi connectivity index (χ3v) is 4.28. The predicted octanol–water partition coefficient (Wildman–Crippen LogP) is 1.30. The summed E-state index contributed by atoms with van der Waals surface area (Å²) in [6.07, 6.45) is 1.90. The number of amides is 1. The van der Waals surface area contributed by atoms with Gasteiger partial charge in [0.1, 0.15) is 16.8 Å². The van der Waals surface area contributed by atoms with Crippen LogP contribution in [0, 0.1) is 0 Å². The van der Waals surface area contributed by atoms with Crippen LogP contribution in [0.2, 0.25) is 0 Å². The molecule has 0 radical (unpaired) electrons. The lowest BCUT2D eigenvalue weighted by atomic mass is 10.0. The Labute approximate surface area is 166 Å².